The summed E-state index contributed by atoms with van der Waals surface area (Å²) in [7, 11) is 0. The van der Waals surface area contributed by atoms with E-state index in [-0.39, 0.29) is 12.4 Å². The molecule has 0 radical (unpaired) electrons. The van der Waals surface area contributed by atoms with E-state index in [0.717, 1.165) is 6.07 Å². The smallest absolute Gasteiger partial charge is 0.254 e. The second-order valence-electron chi connectivity index (χ2n) is 3.62. The molecule has 1 aromatic heterocycles. The number of amides is 1. The summed E-state index contributed by atoms with van der Waals surface area (Å²) >= 11 is 0. The first kappa shape index (κ1) is 13.1. The SMILES string of the molecule is Cc1nnc(CNC(=O)c2ccc(F)c(F)c2F)o1. The van der Waals surface area contributed by atoms with Gasteiger partial charge in [0.05, 0.1) is 12.1 Å². The van der Waals surface area contributed by atoms with E-state index in [1.54, 1.807) is 6.92 Å². The van der Waals surface area contributed by atoms with E-state index in [1.807, 2.05) is 0 Å². The largest absolute Gasteiger partial charge is 0.424 e. The summed E-state index contributed by atoms with van der Waals surface area (Å²) in [6, 6.07) is 1.52. The number of hydrogen-bond acceptors (Lipinski definition) is 4. The van der Waals surface area contributed by atoms with Crippen molar-refractivity contribution in [1.29, 1.82) is 0 Å². The van der Waals surface area contributed by atoms with Crippen LogP contribution in [0.15, 0.2) is 16.5 Å². The number of benzene rings is 1. The lowest BCUT2D eigenvalue weighted by molar-refractivity contribution is 0.0941. The van der Waals surface area contributed by atoms with Crippen LogP contribution in [0.2, 0.25) is 0 Å². The lowest BCUT2D eigenvalue weighted by Crippen LogP contribution is -2.24. The standard InChI is InChI=1S/C11H8F3N3O2/c1-5-16-17-8(19-5)4-15-11(18)6-2-3-7(12)10(14)9(6)13/h2-3H,4H2,1H3,(H,15,18). The summed E-state index contributed by atoms with van der Waals surface area (Å²) in [6.07, 6.45) is 0. The Morgan fingerprint density at radius 1 is 1.26 bits per heavy atom. The zero-order valence-electron chi connectivity index (χ0n) is 9.71. The van der Waals surface area contributed by atoms with Crippen LogP contribution < -0.4 is 5.32 Å². The predicted molar refractivity (Wildman–Crippen MR) is 56.5 cm³/mol. The summed E-state index contributed by atoms with van der Waals surface area (Å²) < 4.78 is 43.9. The molecule has 0 aliphatic carbocycles. The van der Waals surface area contributed by atoms with Crippen LogP contribution in [0.25, 0.3) is 0 Å². The van der Waals surface area contributed by atoms with Gasteiger partial charge >= 0.3 is 0 Å². The molecule has 2 aromatic rings. The summed E-state index contributed by atoms with van der Waals surface area (Å²) in [5.41, 5.74) is -0.602. The van der Waals surface area contributed by atoms with Crippen LogP contribution >= 0.6 is 0 Å². The molecule has 1 amide bonds. The number of carbonyl (C=O) groups excluding carboxylic acids is 1. The van der Waals surface area contributed by atoms with Crippen LogP contribution in [0.5, 0.6) is 0 Å². The van der Waals surface area contributed by atoms with Crippen molar-refractivity contribution in [2.45, 2.75) is 13.5 Å². The molecule has 0 atom stereocenters. The molecule has 5 nitrogen and oxygen atoms in total. The summed E-state index contributed by atoms with van der Waals surface area (Å²) in [5.74, 6) is -5.08. The third-order valence-corrected chi connectivity index (χ3v) is 2.25. The molecule has 0 bridgehead atoms. The molecule has 1 heterocycles. The highest BCUT2D eigenvalue weighted by molar-refractivity contribution is 5.94. The van der Waals surface area contributed by atoms with Crippen LogP contribution in [0.4, 0.5) is 13.2 Å². The second-order valence-corrected chi connectivity index (χ2v) is 3.62. The van der Waals surface area contributed by atoms with Crippen LogP contribution in [-0.4, -0.2) is 16.1 Å². The molecule has 0 fully saturated rings. The highest BCUT2D eigenvalue weighted by Gasteiger charge is 2.18. The van der Waals surface area contributed by atoms with Gasteiger partial charge in [0.2, 0.25) is 11.8 Å². The number of aromatic nitrogens is 2. The Bertz CT molecular complexity index is 628. The molecule has 0 spiro atoms. The fourth-order valence-corrected chi connectivity index (χ4v) is 1.36. The number of aryl methyl sites for hydroxylation is 1. The predicted octanol–water partition coefficient (Wildman–Crippen LogP) is 1.73. The normalized spacial score (nSPS) is 10.5. The van der Waals surface area contributed by atoms with Gasteiger partial charge in [-0.25, -0.2) is 13.2 Å². The Balaban J connectivity index is 2.10. The van der Waals surface area contributed by atoms with Crippen LogP contribution in [0, 0.1) is 24.4 Å². The van der Waals surface area contributed by atoms with Gasteiger partial charge in [-0.3, -0.25) is 4.79 Å². The van der Waals surface area contributed by atoms with Gasteiger partial charge in [-0.15, -0.1) is 10.2 Å². The highest BCUT2D eigenvalue weighted by Crippen LogP contribution is 2.15. The summed E-state index contributed by atoms with van der Waals surface area (Å²) in [5, 5.41) is 9.39. The zero-order chi connectivity index (χ0) is 14.0. The Hall–Kier alpha value is -2.38. The maximum Gasteiger partial charge on any atom is 0.254 e. The van der Waals surface area contributed by atoms with Gasteiger partial charge in [-0.1, -0.05) is 0 Å². The van der Waals surface area contributed by atoms with Crippen molar-refractivity contribution in [3.63, 3.8) is 0 Å². The van der Waals surface area contributed by atoms with E-state index in [0.29, 0.717) is 12.0 Å². The van der Waals surface area contributed by atoms with E-state index >= 15 is 0 Å². The highest BCUT2D eigenvalue weighted by atomic mass is 19.2. The van der Waals surface area contributed by atoms with E-state index in [4.69, 9.17) is 4.42 Å². The Labute approximate surface area is 105 Å². The van der Waals surface area contributed by atoms with E-state index < -0.39 is 28.9 Å². The number of halogens is 3. The van der Waals surface area contributed by atoms with E-state index in [1.165, 1.54) is 0 Å². The topological polar surface area (TPSA) is 68.0 Å². The zero-order valence-corrected chi connectivity index (χ0v) is 9.71. The van der Waals surface area contributed by atoms with Gasteiger partial charge in [0.25, 0.3) is 5.91 Å². The fourth-order valence-electron chi connectivity index (χ4n) is 1.36. The Morgan fingerprint density at radius 2 is 2.00 bits per heavy atom. The minimum atomic E-state index is -1.69. The van der Waals surface area contributed by atoms with Gasteiger partial charge in [-0.2, -0.15) is 0 Å². The Morgan fingerprint density at radius 3 is 2.63 bits per heavy atom. The molecule has 0 saturated carbocycles. The van der Waals surface area contributed by atoms with Crippen molar-refractivity contribution in [2.24, 2.45) is 0 Å². The van der Waals surface area contributed by atoms with Crippen LogP contribution in [-0.2, 0) is 6.54 Å². The van der Waals surface area contributed by atoms with Gasteiger partial charge < -0.3 is 9.73 Å². The van der Waals surface area contributed by atoms with Crippen molar-refractivity contribution in [2.75, 3.05) is 0 Å². The van der Waals surface area contributed by atoms with Gasteiger partial charge in [0.15, 0.2) is 17.5 Å². The molecule has 0 unspecified atom stereocenters. The Kier molecular flexibility index (Phi) is 3.50. The van der Waals surface area contributed by atoms with E-state index in [9.17, 15) is 18.0 Å². The third-order valence-electron chi connectivity index (χ3n) is 2.25. The molecule has 0 aliphatic heterocycles. The fraction of sp³-hybridized carbons (Fsp3) is 0.182. The van der Waals surface area contributed by atoms with Crippen LogP contribution in [0.3, 0.4) is 0 Å². The van der Waals surface area contributed by atoms with Crippen molar-refractivity contribution in [3.05, 3.63) is 46.9 Å². The molecular formula is C11H8F3N3O2. The lowest BCUT2D eigenvalue weighted by atomic mass is 10.2. The molecule has 0 aliphatic rings. The quantitative estimate of drug-likeness (QED) is 0.863. The molecule has 8 heteroatoms. The first-order chi connectivity index (χ1) is 8.99. The third kappa shape index (κ3) is 2.72. The molecule has 1 aromatic carbocycles. The van der Waals surface area contributed by atoms with Gasteiger partial charge in [0, 0.05) is 6.92 Å². The van der Waals surface area contributed by atoms with Crippen LogP contribution in [0.1, 0.15) is 22.1 Å². The molecule has 1 N–H and O–H groups in total. The number of carbonyl (C=O) groups is 1. The lowest BCUT2D eigenvalue weighted by Gasteiger charge is -2.04. The molecule has 2 rings (SSSR count). The first-order valence-electron chi connectivity index (χ1n) is 5.19. The van der Waals surface area contributed by atoms with Crippen molar-refractivity contribution in [3.8, 4) is 0 Å². The number of rotatable bonds is 3. The average Bonchev–Trinajstić information content (AvgIpc) is 2.79. The second kappa shape index (κ2) is 5.09. The molecule has 100 valence electrons. The van der Waals surface area contributed by atoms with Crippen molar-refractivity contribution >= 4 is 5.91 Å². The van der Waals surface area contributed by atoms with E-state index in [2.05, 4.69) is 15.5 Å². The summed E-state index contributed by atoms with van der Waals surface area (Å²) in [4.78, 5) is 11.6. The van der Waals surface area contributed by atoms with Crippen molar-refractivity contribution in [1.82, 2.24) is 15.5 Å². The van der Waals surface area contributed by atoms with Gasteiger partial charge in [-0.05, 0) is 12.1 Å². The maximum atomic E-state index is 13.3. The summed E-state index contributed by atoms with van der Waals surface area (Å²) in [6.45, 7) is 1.42. The molecule has 19 heavy (non-hydrogen) atoms. The molecule has 0 saturated heterocycles. The maximum absolute atomic E-state index is 13.3. The number of nitrogens with one attached hydrogen (secondary N) is 1. The molecular weight excluding hydrogens is 263 g/mol. The minimum absolute atomic E-state index is 0.119. The number of nitrogens with zero attached hydrogens (tertiary/aromatic N) is 2. The monoisotopic (exact) mass is 271 g/mol. The number of hydrogen-bond donors (Lipinski definition) is 1. The average molecular weight is 271 g/mol. The van der Waals surface area contributed by atoms with Gasteiger partial charge in [0.1, 0.15) is 0 Å². The van der Waals surface area contributed by atoms with Crippen molar-refractivity contribution < 1.29 is 22.4 Å². The minimum Gasteiger partial charge on any atom is -0.424 e. The first-order valence-corrected chi connectivity index (χ1v) is 5.19.